The molecule has 2 heterocycles. The number of anilines is 1. The van der Waals surface area contributed by atoms with Crippen LogP contribution in [0.25, 0.3) is 11.1 Å². The van der Waals surface area contributed by atoms with Crippen molar-refractivity contribution >= 4 is 33.7 Å². The van der Waals surface area contributed by atoms with E-state index in [0.29, 0.717) is 0 Å². The van der Waals surface area contributed by atoms with Gasteiger partial charge in [-0.1, -0.05) is 42.5 Å². The largest absolute Gasteiger partial charge is 0.438 e. The van der Waals surface area contributed by atoms with E-state index in [4.69, 9.17) is 9.15 Å². The Morgan fingerprint density at radius 1 is 0.923 bits per heavy atom. The van der Waals surface area contributed by atoms with Crippen LogP contribution in [0, 0.1) is 0 Å². The van der Waals surface area contributed by atoms with Crippen LogP contribution in [0.1, 0.15) is 5.76 Å². The summed E-state index contributed by atoms with van der Waals surface area (Å²) in [5, 5.41) is 0. The summed E-state index contributed by atoms with van der Waals surface area (Å²) in [4.78, 5) is 6.71. The Labute approximate surface area is 161 Å². The fourth-order valence-electron chi connectivity index (χ4n) is 2.93. The van der Waals surface area contributed by atoms with Crippen LogP contribution >= 0.6 is 15.9 Å². The molecule has 0 saturated carbocycles. The highest BCUT2D eigenvalue weighted by Gasteiger charge is 2.18. The van der Waals surface area contributed by atoms with Crippen LogP contribution in [0.4, 0.5) is 11.6 Å². The first-order chi connectivity index (χ1) is 12.8. The molecule has 0 unspecified atom stereocenters. The quantitative estimate of drug-likeness (QED) is 0.547. The third-order valence-electron chi connectivity index (χ3n) is 4.30. The highest BCUT2D eigenvalue weighted by molar-refractivity contribution is 9.10. The summed E-state index contributed by atoms with van der Waals surface area (Å²) in [6, 6.07) is 20.5. The molecule has 3 aromatic rings. The van der Waals surface area contributed by atoms with Crippen molar-refractivity contribution in [1.29, 1.82) is 0 Å². The first-order valence-corrected chi connectivity index (χ1v) is 9.40. The van der Waals surface area contributed by atoms with Crippen LogP contribution in [-0.2, 0) is 4.74 Å². The van der Waals surface area contributed by atoms with Gasteiger partial charge in [-0.25, -0.2) is 0 Å². The Balaban J connectivity index is 1.48. The Bertz CT molecular complexity index is 882. The molecule has 4 nitrogen and oxygen atoms in total. The minimum Gasteiger partial charge on any atom is -0.438 e. The number of ether oxygens (including phenoxy) is 1. The van der Waals surface area contributed by atoms with Gasteiger partial charge >= 0.3 is 0 Å². The first-order valence-electron chi connectivity index (χ1n) is 8.61. The van der Waals surface area contributed by atoms with Crippen molar-refractivity contribution in [3.8, 4) is 11.1 Å². The lowest BCUT2D eigenvalue weighted by Crippen LogP contribution is -2.36. The van der Waals surface area contributed by atoms with Crippen LogP contribution in [0.3, 0.4) is 0 Å². The average Bonchev–Trinajstić information content (AvgIpc) is 3.09. The fourth-order valence-corrected chi connectivity index (χ4v) is 3.49. The van der Waals surface area contributed by atoms with Crippen molar-refractivity contribution in [2.75, 3.05) is 31.2 Å². The van der Waals surface area contributed by atoms with Gasteiger partial charge in [-0.2, -0.15) is 0 Å². The molecule has 2 aromatic carbocycles. The molecule has 1 aliphatic rings. The van der Waals surface area contributed by atoms with Crippen LogP contribution < -0.4 is 4.90 Å². The van der Waals surface area contributed by atoms with Gasteiger partial charge in [-0.15, -0.1) is 0 Å². The number of furan rings is 1. The SMILES string of the molecule is Brc1cc(C=Nc2ccc(-c3ccccc3)cc2)oc1N1CCOCC1. The molecule has 0 spiro atoms. The van der Waals surface area contributed by atoms with E-state index >= 15 is 0 Å². The number of halogens is 1. The van der Waals surface area contributed by atoms with Crippen LogP contribution in [0.15, 0.2) is 74.5 Å². The van der Waals surface area contributed by atoms with Gasteiger partial charge in [0.1, 0.15) is 5.76 Å². The lowest BCUT2D eigenvalue weighted by atomic mass is 10.1. The Morgan fingerprint density at radius 3 is 2.35 bits per heavy atom. The van der Waals surface area contributed by atoms with Gasteiger partial charge in [0.05, 0.1) is 29.6 Å². The molecule has 132 valence electrons. The molecule has 1 aromatic heterocycles. The van der Waals surface area contributed by atoms with E-state index in [1.54, 1.807) is 6.21 Å². The summed E-state index contributed by atoms with van der Waals surface area (Å²) in [6.45, 7) is 3.13. The molecule has 1 saturated heterocycles. The summed E-state index contributed by atoms with van der Waals surface area (Å²) >= 11 is 3.58. The van der Waals surface area contributed by atoms with Crippen molar-refractivity contribution in [2.45, 2.75) is 0 Å². The standard InChI is InChI=1S/C21H19BrN2O2/c22-20-14-19(26-21(20)24-10-12-25-13-11-24)15-23-18-8-6-17(7-9-18)16-4-2-1-3-5-16/h1-9,14-15H,10-13H2. The van der Waals surface area contributed by atoms with Crippen LogP contribution in [0.2, 0.25) is 0 Å². The smallest absolute Gasteiger partial charge is 0.210 e. The minimum atomic E-state index is 0.727. The molecule has 26 heavy (non-hydrogen) atoms. The second kappa shape index (κ2) is 7.89. The molecule has 0 bridgehead atoms. The number of aliphatic imine (C=N–C) groups is 1. The third-order valence-corrected chi connectivity index (χ3v) is 4.87. The molecular weight excluding hydrogens is 392 g/mol. The first kappa shape index (κ1) is 17.1. The lowest BCUT2D eigenvalue weighted by molar-refractivity contribution is 0.120. The van der Waals surface area contributed by atoms with Crippen molar-refractivity contribution in [1.82, 2.24) is 0 Å². The normalized spacial score (nSPS) is 14.9. The Hall–Kier alpha value is -2.37. The molecule has 0 N–H and O–H groups in total. The van der Waals surface area contributed by atoms with Gasteiger partial charge < -0.3 is 14.1 Å². The average molecular weight is 411 g/mol. The zero-order chi connectivity index (χ0) is 17.8. The molecule has 5 heteroatoms. The van der Waals surface area contributed by atoms with Gasteiger partial charge in [0.15, 0.2) is 0 Å². The zero-order valence-corrected chi connectivity index (χ0v) is 15.9. The number of morpholine rings is 1. The van der Waals surface area contributed by atoms with Crippen molar-refractivity contribution < 1.29 is 9.15 Å². The maximum absolute atomic E-state index is 5.94. The van der Waals surface area contributed by atoms with E-state index in [1.807, 2.05) is 36.4 Å². The molecule has 4 rings (SSSR count). The van der Waals surface area contributed by atoms with E-state index in [9.17, 15) is 0 Å². The number of hydrogen-bond donors (Lipinski definition) is 0. The fraction of sp³-hybridized carbons (Fsp3) is 0.190. The zero-order valence-electron chi connectivity index (χ0n) is 14.3. The van der Waals surface area contributed by atoms with E-state index in [0.717, 1.165) is 48.1 Å². The molecule has 1 fully saturated rings. The third kappa shape index (κ3) is 3.89. The maximum Gasteiger partial charge on any atom is 0.210 e. The number of rotatable bonds is 4. The van der Waals surface area contributed by atoms with E-state index in [1.165, 1.54) is 11.1 Å². The van der Waals surface area contributed by atoms with E-state index < -0.39 is 0 Å². The molecule has 0 atom stereocenters. The topological polar surface area (TPSA) is 38.0 Å². The van der Waals surface area contributed by atoms with Gasteiger partial charge in [0.2, 0.25) is 5.88 Å². The monoisotopic (exact) mass is 410 g/mol. The van der Waals surface area contributed by atoms with E-state index in [2.05, 4.69) is 50.1 Å². The van der Waals surface area contributed by atoms with Gasteiger partial charge in [0.25, 0.3) is 0 Å². The van der Waals surface area contributed by atoms with E-state index in [-0.39, 0.29) is 0 Å². The van der Waals surface area contributed by atoms with Crippen molar-refractivity contribution in [3.05, 3.63) is 70.9 Å². The summed E-state index contributed by atoms with van der Waals surface area (Å²) in [5.74, 6) is 1.57. The summed E-state index contributed by atoms with van der Waals surface area (Å²) in [7, 11) is 0. The second-order valence-electron chi connectivity index (χ2n) is 6.07. The Morgan fingerprint density at radius 2 is 1.62 bits per heavy atom. The van der Waals surface area contributed by atoms with Crippen molar-refractivity contribution in [2.24, 2.45) is 4.99 Å². The summed E-state index contributed by atoms with van der Waals surface area (Å²) in [5.41, 5.74) is 3.28. The Kier molecular flexibility index (Phi) is 5.18. The molecule has 0 aliphatic carbocycles. The summed E-state index contributed by atoms with van der Waals surface area (Å²) < 4.78 is 12.3. The predicted octanol–water partition coefficient (Wildman–Crippen LogP) is 5.30. The molecule has 1 aliphatic heterocycles. The predicted molar refractivity (Wildman–Crippen MR) is 109 cm³/mol. The number of benzene rings is 2. The molecule has 0 radical (unpaired) electrons. The highest BCUT2D eigenvalue weighted by Crippen LogP contribution is 2.30. The number of hydrogen-bond acceptors (Lipinski definition) is 4. The minimum absolute atomic E-state index is 0.727. The van der Waals surface area contributed by atoms with Gasteiger partial charge in [-0.05, 0) is 39.2 Å². The van der Waals surface area contributed by atoms with Crippen molar-refractivity contribution in [3.63, 3.8) is 0 Å². The molecule has 0 amide bonds. The van der Waals surface area contributed by atoms with Gasteiger partial charge in [-0.3, -0.25) is 4.99 Å². The van der Waals surface area contributed by atoms with Crippen LogP contribution in [-0.4, -0.2) is 32.5 Å². The lowest BCUT2D eigenvalue weighted by Gasteiger charge is -2.26. The maximum atomic E-state index is 5.94. The number of nitrogens with zero attached hydrogens (tertiary/aromatic N) is 2. The summed E-state index contributed by atoms with van der Waals surface area (Å²) in [6.07, 6.45) is 1.76. The van der Waals surface area contributed by atoms with Crippen LogP contribution in [0.5, 0.6) is 0 Å². The van der Waals surface area contributed by atoms with Gasteiger partial charge in [0, 0.05) is 19.2 Å². The second-order valence-corrected chi connectivity index (χ2v) is 6.93. The highest BCUT2D eigenvalue weighted by atomic mass is 79.9. The molecular formula is C21H19BrN2O2.